The van der Waals surface area contributed by atoms with Gasteiger partial charge in [0.25, 0.3) is 0 Å². The molecule has 3 rings (SSSR count). The van der Waals surface area contributed by atoms with Gasteiger partial charge < -0.3 is 25.1 Å². The zero-order chi connectivity index (χ0) is 31.8. The monoisotopic (exact) mass is 577 g/mol. The number of anilines is 1. The van der Waals surface area contributed by atoms with Gasteiger partial charge in [-0.2, -0.15) is 0 Å². The number of ether oxygens (including phenoxy) is 1. The molecule has 0 radical (unpaired) electrons. The first-order valence-corrected chi connectivity index (χ1v) is 15.2. The van der Waals surface area contributed by atoms with Crippen molar-refractivity contribution in [2.24, 2.45) is 5.73 Å². The van der Waals surface area contributed by atoms with Gasteiger partial charge in [0.1, 0.15) is 25.0 Å². The molecule has 1 heterocycles. The van der Waals surface area contributed by atoms with Crippen molar-refractivity contribution in [3.05, 3.63) is 69.9 Å². The van der Waals surface area contributed by atoms with Gasteiger partial charge in [-0.25, -0.2) is 9.97 Å². The third-order valence-corrected chi connectivity index (χ3v) is 7.63. The number of nitrogens with two attached hydrogens (primary N) is 1. The maximum Gasteiger partial charge on any atom is 0.162 e. The summed E-state index contributed by atoms with van der Waals surface area (Å²) >= 11 is 0. The zero-order valence-electron chi connectivity index (χ0n) is 27.9. The molecule has 0 unspecified atom stereocenters. The van der Waals surface area contributed by atoms with Crippen molar-refractivity contribution in [3.63, 3.8) is 0 Å². The fourth-order valence-electron chi connectivity index (χ4n) is 5.01. The Morgan fingerprint density at radius 1 is 0.857 bits per heavy atom. The van der Waals surface area contributed by atoms with Gasteiger partial charge in [0, 0.05) is 18.7 Å². The molecular weight excluding hydrogens is 522 g/mol. The summed E-state index contributed by atoms with van der Waals surface area (Å²) in [6, 6.07) is 12.9. The number of nitrogens with zero attached hydrogens (tertiary/aromatic N) is 4. The number of aryl methyl sites for hydroxylation is 4. The molecule has 0 atom stereocenters. The highest BCUT2D eigenvalue weighted by atomic mass is 16.5. The number of rotatable bonds is 13. The highest BCUT2D eigenvalue weighted by Gasteiger charge is 2.20. The predicted octanol–water partition coefficient (Wildman–Crippen LogP) is 7.03. The second-order valence-electron chi connectivity index (χ2n) is 10.6. The fourth-order valence-corrected chi connectivity index (χ4v) is 5.01. The van der Waals surface area contributed by atoms with Crippen LogP contribution in [0.4, 0.5) is 5.82 Å². The summed E-state index contributed by atoms with van der Waals surface area (Å²) in [5.41, 5.74) is 12.5. The van der Waals surface area contributed by atoms with E-state index in [0.29, 0.717) is 12.5 Å². The summed E-state index contributed by atoms with van der Waals surface area (Å²) in [7, 11) is 1.50. The van der Waals surface area contributed by atoms with Crippen LogP contribution in [-0.4, -0.2) is 61.4 Å². The molecule has 0 spiro atoms. The lowest BCUT2D eigenvalue weighted by atomic mass is 10.0. The minimum atomic E-state index is 0.448. The van der Waals surface area contributed by atoms with Crippen molar-refractivity contribution in [1.29, 1.82) is 0 Å². The Balaban J connectivity index is 0.00000211. The van der Waals surface area contributed by atoms with Crippen molar-refractivity contribution >= 4 is 12.6 Å². The Kier molecular flexibility index (Phi) is 16.6. The van der Waals surface area contributed by atoms with E-state index in [1.165, 1.54) is 23.7 Å². The number of carbonyl (C=O) groups is 1. The van der Waals surface area contributed by atoms with Crippen LogP contribution in [0.3, 0.4) is 0 Å². The van der Waals surface area contributed by atoms with Gasteiger partial charge in [0.15, 0.2) is 5.82 Å². The van der Waals surface area contributed by atoms with Crippen LogP contribution >= 0.6 is 0 Å². The standard InChI is InChI=1S/C33H48N4O.CH5N.CH2O/c1-10-36(11-2)19-14-20-37(12-3)33-29(22-38-30-21-28(23(4)5)18-17-24(30)6)27(9)34-32(35-33)31-25(7)15-13-16-26(31)8;2*1-2/h13,15-18,21,23H,10-12,14,19-20,22H2,1-9H3;2H2,1H3;1H2. The lowest BCUT2D eigenvalue weighted by Gasteiger charge is -2.27. The Morgan fingerprint density at radius 3 is 2.02 bits per heavy atom. The van der Waals surface area contributed by atoms with Gasteiger partial charge in [-0.3, -0.25) is 0 Å². The topological polar surface area (TPSA) is 84.6 Å². The largest absolute Gasteiger partial charge is 0.488 e. The van der Waals surface area contributed by atoms with E-state index < -0.39 is 0 Å². The number of benzene rings is 2. The van der Waals surface area contributed by atoms with E-state index in [1.54, 1.807) is 0 Å². The molecule has 42 heavy (non-hydrogen) atoms. The lowest BCUT2D eigenvalue weighted by molar-refractivity contribution is -0.0980. The Morgan fingerprint density at radius 2 is 1.48 bits per heavy atom. The van der Waals surface area contributed by atoms with Gasteiger partial charge in [-0.15, -0.1) is 0 Å². The van der Waals surface area contributed by atoms with Crippen LogP contribution in [0.15, 0.2) is 36.4 Å². The number of aromatic nitrogens is 2. The van der Waals surface area contributed by atoms with E-state index >= 15 is 0 Å². The maximum absolute atomic E-state index is 8.00. The van der Waals surface area contributed by atoms with Crippen LogP contribution in [0.5, 0.6) is 5.75 Å². The van der Waals surface area contributed by atoms with E-state index in [0.717, 1.165) is 78.9 Å². The molecule has 0 saturated carbocycles. The van der Waals surface area contributed by atoms with Crippen LogP contribution in [0.2, 0.25) is 0 Å². The van der Waals surface area contributed by atoms with Crippen molar-refractivity contribution in [2.45, 2.75) is 81.3 Å². The average molecular weight is 578 g/mol. The number of hydrogen-bond acceptors (Lipinski definition) is 7. The first-order valence-electron chi connectivity index (χ1n) is 15.2. The summed E-state index contributed by atoms with van der Waals surface area (Å²) in [6.45, 7) is 27.1. The van der Waals surface area contributed by atoms with Crippen molar-refractivity contribution in [2.75, 3.05) is 44.7 Å². The van der Waals surface area contributed by atoms with Crippen LogP contribution < -0.4 is 15.4 Å². The molecule has 3 aromatic rings. The molecule has 2 N–H and O–H groups in total. The van der Waals surface area contributed by atoms with Crippen LogP contribution in [-0.2, 0) is 11.4 Å². The maximum atomic E-state index is 8.00. The van der Waals surface area contributed by atoms with Crippen molar-refractivity contribution in [3.8, 4) is 17.1 Å². The second-order valence-corrected chi connectivity index (χ2v) is 10.6. The molecular formula is C35H55N5O2. The smallest absolute Gasteiger partial charge is 0.162 e. The Labute approximate surface area is 255 Å². The SMILES string of the molecule is C=O.CCN(CC)CCCN(CC)c1nc(-c2c(C)cccc2C)nc(C)c1COc1cc(C(C)C)ccc1C.CN. The molecule has 1 aromatic heterocycles. The van der Waals surface area contributed by atoms with E-state index in [4.69, 9.17) is 19.5 Å². The average Bonchev–Trinajstić information content (AvgIpc) is 2.99. The molecule has 0 aliphatic carbocycles. The first-order chi connectivity index (χ1) is 20.2. The predicted molar refractivity (Wildman–Crippen MR) is 179 cm³/mol. The lowest BCUT2D eigenvalue weighted by Crippen LogP contribution is -2.31. The molecule has 0 aliphatic rings. The quantitative estimate of drug-likeness (QED) is 0.233. The number of carbonyl (C=O) groups excluding carboxylic acids is 1. The van der Waals surface area contributed by atoms with Gasteiger partial charge in [-0.05, 0) is 102 Å². The van der Waals surface area contributed by atoms with Gasteiger partial charge in [0.2, 0.25) is 0 Å². The summed E-state index contributed by atoms with van der Waals surface area (Å²) < 4.78 is 6.49. The normalized spacial score (nSPS) is 10.6. The minimum absolute atomic E-state index is 0.448. The Bertz CT molecular complexity index is 1200. The first kappa shape index (κ1) is 36.7. The summed E-state index contributed by atoms with van der Waals surface area (Å²) in [5, 5.41) is 0. The molecule has 0 saturated heterocycles. The third-order valence-electron chi connectivity index (χ3n) is 7.63. The van der Waals surface area contributed by atoms with Crippen molar-refractivity contribution in [1.82, 2.24) is 14.9 Å². The second kappa shape index (κ2) is 19.0. The van der Waals surface area contributed by atoms with Gasteiger partial charge >= 0.3 is 0 Å². The number of hydrogen-bond donors (Lipinski definition) is 1. The molecule has 232 valence electrons. The molecule has 0 amide bonds. The van der Waals surface area contributed by atoms with Crippen molar-refractivity contribution < 1.29 is 9.53 Å². The highest BCUT2D eigenvalue weighted by molar-refractivity contribution is 5.67. The van der Waals surface area contributed by atoms with E-state index in [-0.39, 0.29) is 0 Å². The highest BCUT2D eigenvalue weighted by Crippen LogP contribution is 2.31. The molecule has 0 aliphatic heterocycles. The van der Waals surface area contributed by atoms with E-state index in [1.807, 2.05) is 6.79 Å². The Hall–Kier alpha value is -3.29. The molecule has 7 nitrogen and oxygen atoms in total. The summed E-state index contributed by atoms with van der Waals surface area (Å²) in [5.74, 6) is 3.19. The fraction of sp³-hybridized carbons (Fsp3) is 0.514. The van der Waals surface area contributed by atoms with Gasteiger partial charge in [-0.1, -0.05) is 58.0 Å². The minimum Gasteiger partial charge on any atom is -0.488 e. The van der Waals surface area contributed by atoms with Gasteiger partial charge in [0.05, 0.1) is 11.3 Å². The molecule has 2 aromatic carbocycles. The summed E-state index contributed by atoms with van der Waals surface area (Å²) in [6.07, 6.45) is 1.09. The molecule has 0 bridgehead atoms. The van der Waals surface area contributed by atoms with Crippen LogP contribution in [0.1, 0.15) is 80.5 Å². The third kappa shape index (κ3) is 9.92. The van der Waals surface area contributed by atoms with Crippen LogP contribution in [0, 0.1) is 27.7 Å². The zero-order valence-corrected chi connectivity index (χ0v) is 27.9. The summed E-state index contributed by atoms with van der Waals surface area (Å²) in [4.78, 5) is 23.2. The van der Waals surface area contributed by atoms with E-state index in [2.05, 4.69) is 114 Å². The molecule has 7 heteroatoms. The molecule has 0 fully saturated rings. The van der Waals surface area contributed by atoms with E-state index in [9.17, 15) is 0 Å². The van der Waals surface area contributed by atoms with Crippen LogP contribution in [0.25, 0.3) is 11.4 Å².